The van der Waals surface area contributed by atoms with Crippen LogP contribution < -0.4 is 26.2 Å². The average Bonchev–Trinajstić information content (AvgIpc) is 3.14. The predicted molar refractivity (Wildman–Crippen MR) is 199 cm³/mol. The second-order valence-electron chi connectivity index (χ2n) is 11.3. The van der Waals surface area contributed by atoms with Crippen LogP contribution >= 0.6 is 0 Å². The van der Waals surface area contributed by atoms with Gasteiger partial charge in [0.1, 0.15) is 22.1 Å². The lowest BCUT2D eigenvalue weighted by Gasteiger charge is -2.17. The number of allylic oxidation sites excluding steroid dienone is 4. The highest BCUT2D eigenvalue weighted by Crippen LogP contribution is 2.29. The van der Waals surface area contributed by atoms with Crippen molar-refractivity contribution in [1.29, 1.82) is 0 Å². The van der Waals surface area contributed by atoms with Crippen molar-refractivity contribution in [3.63, 3.8) is 0 Å². The Kier molecular flexibility index (Phi) is 10.1. The van der Waals surface area contributed by atoms with Crippen molar-refractivity contribution in [2.45, 2.75) is 0 Å². The third-order valence-electron chi connectivity index (χ3n) is 7.74. The number of hydrogen-bond donors (Lipinski definition) is 6. The summed E-state index contributed by atoms with van der Waals surface area (Å²) in [5.41, 5.74) is 6.93. The van der Waals surface area contributed by atoms with Gasteiger partial charge in [-0.1, -0.05) is 18.2 Å². The number of ether oxygens (including phenoxy) is 1. The summed E-state index contributed by atoms with van der Waals surface area (Å²) in [5, 5.41) is 22.8. The third kappa shape index (κ3) is 8.25. The summed E-state index contributed by atoms with van der Waals surface area (Å²) < 4.78 is 39.8. The molecule has 0 unspecified atom stereocenters. The van der Waals surface area contributed by atoms with E-state index in [0.717, 1.165) is 12.2 Å². The number of ketones is 2. The number of nitrogens with zero attached hydrogens (tertiary/aromatic N) is 2. The molecular formula is C37H28N6O9S. The lowest BCUT2D eigenvalue weighted by atomic mass is 9.94. The molecule has 0 fully saturated rings. The number of para-hydroxylation sites is 2. The Morgan fingerprint density at radius 1 is 0.736 bits per heavy atom. The van der Waals surface area contributed by atoms with Gasteiger partial charge in [-0.25, -0.2) is 0 Å². The number of hydrazone groups is 2. The smallest absolute Gasteiger partial charge is 0.296 e. The minimum atomic E-state index is -4.91. The van der Waals surface area contributed by atoms with Gasteiger partial charge in [0, 0.05) is 34.1 Å². The molecule has 0 saturated carbocycles. The topological polar surface area (TPSA) is 225 Å². The van der Waals surface area contributed by atoms with E-state index in [1.165, 1.54) is 61.7 Å². The number of amides is 2. The minimum Gasteiger partial charge on any atom is -0.508 e. The van der Waals surface area contributed by atoms with Crippen molar-refractivity contribution >= 4 is 73.7 Å². The Balaban J connectivity index is 1.13. The number of benzene rings is 4. The van der Waals surface area contributed by atoms with Crippen LogP contribution in [0.1, 0.15) is 36.6 Å². The van der Waals surface area contributed by atoms with Crippen molar-refractivity contribution in [3.8, 4) is 5.75 Å². The first-order valence-corrected chi connectivity index (χ1v) is 17.0. The summed E-state index contributed by atoms with van der Waals surface area (Å²) in [4.78, 5) is 50.7. The summed E-state index contributed by atoms with van der Waals surface area (Å²) in [7, 11) is -3.48. The van der Waals surface area contributed by atoms with Crippen molar-refractivity contribution < 1.29 is 42.0 Å². The molecule has 0 heterocycles. The lowest BCUT2D eigenvalue weighted by Crippen LogP contribution is -2.27. The number of rotatable bonds is 10. The van der Waals surface area contributed by atoms with Gasteiger partial charge in [-0.3, -0.25) is 34.6 Å². The third-order valence-corrected chi connectivity index (χ3v) is 8.61. The maximum absolute atomic E-state index is 13.4. The number of aliphatic hydroxyl groups excluding tert-OH is 1. The molecule has 4 aromatic carbocycles. The van der Waals surface area contributed by atoms with Gasteiger partial charge in [-0.15, -0.1) is 0 Å². The zero-order valence-electron chi connectivity index (χ0n) is 27.5. The molecule has 2 amide bonds. The Morgan fingerprint density at radius 2 is 1.43 bits per heavy atom. The van der Waals surface area contributed by atoms with Crippen LogP contribution in [0.2, 0.25) is 0 Å². The molecule has 0 saturated heterocycles. The second-order valence-corrected chi connectivity index (χ2v) is 12.7. The number of fused-ring (bicyclic) bond motifs is 1. The first kappa shape index (κ1) is 35.6. The van der Waals surface area contributed by atoms with E-state index in [2.05, 4.69) is 31.7 Å². The van der Waals surface area contributed by atoms with Crippen molar-refractivity contribution in [2.75, 3.05) is 28.6 Å². The van der Waals surface area contributed by atoms with Gasteiger partial charge in [0.2, 0.25) is 11.6 Å². The van der Waals surface area contributed by atoms with Crippen LogP contribution in [0, 0.1) is 0 Å². The summed E-state index contributed by atoms with van der Waals surface area (Å²) in [5.74, 6) is -2.07. The maximum Gasteiger partial charge on any atom is 0.296 e. The van der Waals surface area contributed by atoms with E-state index in [-0.39, 0.29) is 33.8 Å². The standard InChI is InChI=1S/C37H28N6O9S/c1-52-32-8-3-2-7-30(32)42-43-34-33(53(49,50)51)19-23-18-26(13-15-28(23)35(34)46)39-37(48)22-5-4-6-25(17-22)38-36(47)21-9-11-24(12-10-21)40-41-29-16-14-27(44)20-31(29)45/h2-20,40,42,44H,1H3,(H,38,47)(H,39,48)(H,49,50,51). The molecule has 0 bridgehead atoms. The van der Waals surface area contributed by atoms with Gasteiger partial charge in [0.15, 0.2) is 5.71 Å². The number of nitrogens with one attached hydrogen (secondary N) is 4. The highest BCUT2D eigenvalue weighted by Gasteiger charge is 2.33. The van der Waals surface area contributed by atoms with Crippen LogP contribution in [0.25, 0.3) is 6.08 Å². The van der Waals surface area contributed by atoms with E-state index in [9.17, 15) is 37.3 Å². The second kappa shape index (κ2) is 15.0. The Hall–Kier alpha value is -7.17. The SMILES string of the molecule is COc1ccccc1NN=C1C(=O)c2ccc(NC(=O)c3cccc(NC(=O)c4ccc(NN=C5C=CC(O)=CC5=O)cc4)c3)cc2C=C1S(=O)(=O)O. The van der Waals surface area contributed by atoms with Crippen LogP contribution in [-0.2, 0) is 14.9 Å². The Morgan fingerprint density at radius 3 is 2.15 bits per heavy atom. The number of carbonyl (C=O) groups is 4. The number of anilines is 4. The fraction of sp³-hybridized carbons (Fsp3) is 0.0270. The van der Waals surface area contributed by atoms with Crippen LogP contribution in [0.5, 0.6) is 5.75 Å². The molecule has 6 rings (SSSR count). The molecule has 266 valence electrons. The quantitative estimate of drug-likeness (QED) is 0.0684. The van der Waals surface area contributed by atoms with Crippen molar-refractivity contribution in [1.82, 2.24) is 0 Å². The highest BCUT2D eigenvalue weighted by atomic mass is 32.2. The Bertz CT molecular complexity index is 2450. The molecule has 0 spiro atoms. The molecule has 2 aliphatic rings. The van der Waals surface area contributed by atoms with Crippen LogP contribution in [0.3, 0.4) is 0 Å². The predicted octanol–water partition coefficient (Wildman–Crippen LogP) is 5.44. The first-order chi connectivity index (χ1) is 25.4. The zero-order chi connectivity index (χ0) is 37.7. The molecule has 16 heteroatoms. The zero-order valence-corrected chi connectivity index (χ0v) is 28.3. The van der Waals surface area contributed by atoms with E-state index < -0.39 is 44.1 Å². The molecular weight excluding hydrogens is 705 g/mol. The molecule has 2 aliphatic carbocycles. The van der Waals surface area contributed by atoms with Gasteiger partial charge in [0.25, 0.3) is 21.9 Å². The van der Waals surface area contributed by atoms with Gasteiger partial charge >= 0.3 is 0 Å². The summed E-state index contributed by atoms with van der Waals surface area (Å²) in [6.07, 6.45) is 4.82. The highest BCUT2D eigenvalue weighted by molar-refractivity contribution is 7.91. The number of methoxy groups -OCH3 is 1. The molecule has 4 aromatic rings. The monoisotopic (exact) mass is 732 g/mol. The van der Waals surface area contributed by atoms with Gasteiger partial charge in [-0.2, -0.15) is 18.6 Å². The summed E-state index contributed by atoms with van der Waals surface area (Å²) in [6.45, 7) is 0. The number of hydrogen-bond acceptors (Lipinski definition) is 12. The van der Waals surface area contributed by atoms with E-state index in [1.54, 1.807) is 48.5 Å². The Labute approximate surface area is 301 Å². The fourth-order valence-electron chi connectivity index (χ4n) is 5.13. The van der Waals surface area contributed by atoms with E-state index in [1.807, 2.05) is 0 Å². The van der Waals surface area contributed by atoms with Gasteiger partial charge in [0.05, 0.1) is 18.5 Å². The number of carbonyl (C=O) groups excluding carboxylic acids is 4. The lowest BCUT2D eigenvalue weighted by molar-refractivity contribution is -0.109. The summed E-state index contributed by atoms with van der Waals surface area (Å²) in [6, 6.07) is 23.2. The van der Waals surface area contributed by atoms with Crippen LogP contribution in [0.4, 0.5) is 22.7 Å². The molecule has 0 aromatic heterocycles. The molecule has 0 atom stereocenters. The fourth-order valence-corrected chi connectivity index (χ4v) is 5.79. The molecule has 53 heavy (non-hydrogen) atoms. The van der Waals surface area contributed by atoms with Crippen LogP contribution in [-0.4, -0.2) is 60.0 Å². The van der Waals surface area contributed by atoms with E-state index >= 15 is 0 Å². The maximum atomic E-state index is 13.4. The van der Waals surface area contributed by atoms with E-state index in [0.29, 0.717) is 28.4 Å². The molecule has 0 radical (unpaired) electrons. The molecule has 15 nitrogen and oxygen atoms in total. The van der Waals surface area contributed by atoms with Crippen molar-refractivity contribution in [3.05, 3.63) is 142 Å². The summed E-state index contributed by atoms with van der Waals surface area (Å²) >= 11 is 0. The first-order valence-electron chi connectivity index (χ1n) is 15.5. The van der Waals surface area contributed by atoms with Crippen molar-refractivity contribution in [2.24, 2.45) is 10.2 Å². The normalized spacial score (nSPS) is 15.3. The minimum absolute atomic E-state index is 0.0767. The number of aliphatic hydroxyl groups is 1. The molecule has 6 N–H and O–H groups in total. The van der Waals surface area contributed by atoms with E-state index in [4.69, 9.17) is 4.74 Å². The van der Waals surface area contributed by atoms with Gasteiger partial charge in [-0.05, 0) is 96.6 Å². The average molecular weight is 733 g/mol. The van der Waals surface area contributed by atoms with Gasteiger partial charge < -0.3 is 20.5 Å². The van der Waals surface area contributed by atoms with Crippen LogP contribution in [0.15, 0.2) is 130 Å². The largest absolute Gasteiger partial charge is 0.508 e. The number of Topliss-reactive ketones (excluding diaryl/α,β-unsaturated/α-hetero) is 1. The molecule has 0 aliphatic heterocycles.